The Hall–Kier alpha value is -0.450. The van der Waals surface area contributed by atoms with Crippen molar-refractivity contribution < 1.29 is 9.53 Å². The zero-order valence-electron chi connectivity index (χ0n) is 13.7. The Labute approximate surface area is 124 Å². The van der Waals surface area contributed by atoms with Crippen LogP contribution in [-0.4, -0.2) is 68.6 Å². The summed E-state index contributed by atoms with van der Waals surface area (Å²) in [7, 11) is 4.23. The normalized spacial score (nSPS) is 19.4. The first-order valence-electron chi connectivity index (χ1n) is 7.95. The molecular weight excluding hydrogens is 252 g/mol. The van der Waals surface area contributed by atoms with Crippen LogP contribution >= 0.6 is 0 Å². The van der Waals surface area contributed by atoms with E-state index in [2.05, 4.69) is 30.8 Å². The summed E-state index contributed by atoms with van der Waals surface area (Å²) < 4.78 is 6.04. The van der Waals surface area contributed by atoms with Crippen molar-refractivity contribution in [1.29, 1.82) is 0 Å². The van der Waals surface area contributed by atoms with Gasteiger partial charge < -0.3 is 14.5 Å². The third-order valence-corrected chi connectivity index (χ3v) is 4.00. The number of likely N-dealkylation sites (tertiary alicyclic amines) is 1. The first kappa shape index (κ1) is 17.6. The zero-order chi connectivity index (χ0) is 15.0. The van der Waals surface area contributed by atoms with Gasteiger partial charge in [0.15, 0.2) is 0 Å². The Morgan fingerprint density at radius 1 is 1.35 bits per heavy atom. The molecule has 0 aliphatic carbocycles. The Morgan fingerprint density at radius 3 is 2.55 bits per heavy atom. The van der Waals surface area contributed by atoms with E-state index in [9.17, 15) is 4.79 Å². The number of hydrogen-bond donors (Lipinski definition) is 0. The van der Waals surface area contributed by atoms with E-state index in [1.165, 1.54) is 6.42 Å². The van der Waals surface area contributed by atoms with Crippen molar-refractivity contribution in [1.82, 2.24) is 9.80 Å². The van der Waals surface area contributed by atoms with Crippen molar-refractivity contribution in [3.05, 3.63) is 0 Å². The summed E-state index contributed by atoms with van der Waals surface area (Å²) in [6.07, 6.45) is 4.53. The number of nitrogens with zero attached hydrogens (tertiary/aromatic N) is 2. The van der Waals surface area contributed by atoms with Crippen LogP contribution in [0, 0.1) is 5.92 Å². The highest BCUT2D eigenvalue weighted by molar-refractivity contribution is 5.75. The first-order chi connectivity index (χ1) is 9.47. The van der Waals surface area contributed by atoms with Crippen LogP contribution in [0.25, 0.3) is 0 Å². The summed E-state index contributed by atoms with van der Waals surface area (Å²) in [4.78, 5) is 15.6. The second kappa shape index (κ2) is 9.48. The number of hydrogen-bond acceptors (Lipinski definition) is 4. The highest BCUT2D eigenvalue weighted by Gasteiger charge is 2.20. The Bertz CT molecular complexity index is 274. The van der Waals surface area contributed by atoms with Crippen molar-refractivity contribution in [2.45, 2.75) is 45.6 Å². The third-order valence-electron chi connectivity index (χ3n) is 4.00. The molecule has 1 atom stereocenters. The summed E-state index contributed by atoms with van der Waals surface area (Å²) in [5, 5.41) is 0. The van der Waals surface area contributed by atoms with E-state index in [0.29, 0.717) is 18.4 Å². The smallest absolute Gasteiger partial charge is 0.131 e. The molecule has 0 spiro atoms. The van der Waals surface area contributed by atoms with E-state index < -0.39 is 0 Å². The maximum atomic E-state index is 11.0. The van der Waals surface area contributed by atoms with Gasteiger partial charge in [-0.05, 0) is 52.7 Å². The minimum Gasteiger partial charge on any atom is -0.378 e. The number of carbonyl (C=O) groups is 1. The second-order valence-corrected chi connectivity index (χ2v) is 6.52. The molecule has 1 aliphatic rings. The highest BCUT2D eigenvalue weighted by Crippen LogP contribution is 2.15. The molecule has 1 rings (SSSR count). The zero-order valence-corrected chi connectivity index (χ0v) is 13.7. The number of ether oxygens (including phenoxy) is 1. The number of carbonyl (C=O) groups excluding carboxylic acids is 1. The van der Waals surface area contributed by atoms with Crippen LogP contribution in [0.1, 0.15) is 39.5 Å². The number of piperidine rings is 1. The van der Waals surface area contributed by atoms with Gasteiger partial charge in [0, 0.05) is 32.7 Å². The number of rotatable bonds is 9. The van der Waals surface area contributed by atoms with Gasteiger partial charge in [-0.25, -0.2) is 0 Å². The number of Topliss-reactive ketones (excluding diaryl/α,β-unsaturated/α-hetero) is 1. The first-order valence-corrected chi connectivity index (χ1v) is 7.95. The monoisotopic (exact) mass is 284 g/mol. The molecule has 1 unspecified atom stereocenters. The van der Waals surface area contributed by atoms with Crippen LogP contribution in [0.5, 0.6) is 0 Å². The largest absolute Gasteiger partial charge is 0.378 e. The molecule has 0 saturated carbocycles. The van der Waals surface area contributed by atoms with Gasteiger partial charge in [0.05, 0.1) is 6.10 Å². The summed E-state index contributed by atoms with van der Waals surface area (Å²) in [6, 6.07) is 0. The molecule has 0 amide bonds. The molecule has 20 heavy (non-hydrogen) atoms. The van der Waals surface area contributed by atoms with E-state index in [1.807, 2.05) is 0 Å². The van der Waals surface area contributed by atoms with Gasteiger partial charge in [-0.1, -0.05) is 6.92 Å². The minimum absolute atomic E-state index is 0.290. The van der Waals surface area contributed by atoms with Crippen molar-refractivity contribution in [3.8, 4) is 0 Å². The van der Waals surface area contributed by atoms with Crippen LogP contribution < -0.4 is 0 Å². The van der Waals surface area contributed by atoms with E-state index in [-0.39, 0.29) is 5.78 Å². The molecule has 1 heterocycles. The van der Waals surface area contributed by atoms with Crippen LogP contribution in [0.15, 0.2) is 0 Å². The molecule has 0 aromatic heterocycles. The molecule has 0 aromatic carbocycles. The van der Waals surface area contributed by atoms with E-state index in [1.54, 1.807) is 6.92 Å². The molecule has 118 valence electrons. The lowest BCUT2D eigenvalue weighted by molar-refractivity contribution is -0.117. The maximum Gasteiger partial charge on any atom is 0.131 e. The highest BCUT2D eigenvalue weighted by atomic mass is 16.5. The van der Waals surface area contributed by atoms with Crippen molar-refractivity contribution in [2.75, 3.05) is 46.9 Å². The molecule has 0 aromatic rings. The summed E-state index contributed by atoms with van der Waals surface area (Å²) >= 11 is 0. The molecule has 1 fully saturated rings. The van der Waals surface area contributed by atoms with E-state index in [4.69, 9.17) is 4.74 Å². The van der Waals surface area contributed by atoms with Gasteiger partial charge in [-0.15, -0.1) is 0 Å². The average molecular weight is 284 g/mol. The summed E-state index contributed by atoms with van der Waals surface area (Å²) in [6.45, 7) is 9.02. The van der Waals surface area contributed by atoms with E-state index in [0.717, 1.165) is 45.6 Å². The summed E-state index contributed by atoms with van der Waals surface area (Å²) in [5.41, 5.74) is 0. The SMILES string of the molecule is CC(=O)CCN1CCC(OCC(C)CCN(C)C)CC1. The lowest BCUT2D eigenvalue weighted by Gasteiger charge is -2.32. The molecule has 1 saturated heterocycles. The fourth-order valence-electron chi connectivity index (χ4n) is 2.48. The van der Waals surface area contributed by atoms with Gasteiger partial charge >= 0.3 is 0 Å². The Kier molecular flexibility index (Phi) is 8.34. The average Bonchev–Trinajstić information content (AvgIpc) is 2.41. The van der Waals surface area contributed by atoms with Crippen molar-refractivity contribution >= 4 is 5.78 Å². The van der Waals surface area contributed by atoms with Crippen LogP contribution in [-0.2, 0) is 9.53 Å². The molecule has 0 radical (unpaired) electrons. The van der Waals surface area contributed by atoms with E-state index >= 15 is 0 Å². The van der Waals surface area contributed by atoms with Crippen LogP contribution in [0.3, 0.4) is 0 Å². The molecule has 0 N–H and O–H groups in total. The van der Waals surface area contributed by atoms with Gasteiger partial charge in [0.2, 0.25) is 0 Å². The van der Waals surface area contributed by atoms with Crippen molar-refractivity contribution in [3.63, 3.8) is 0 Å². The summed E-state index contributed by atoms with van der Waals surface area (Å²) in [5.74, 6) is 0.922. The van der Waals surface area contributed by atoms with Gasteiger partial charge in [-0.2, -0.15) is 0 Å². The van der Waals surface area contributed by atoms with Gasteiger partial charge in [-0.3, -0.25) is 4.79 Å². The standard InChI is InChI=1S/C16H32N2O2/c1-14(5-9-17(3)4)13-20-16-7-11-18(12-8-16)10-6-15(2)19/h14,16H,5-13H2,1-4H3. The predicted molar refractivity (Wildman–Crippen MR) is 83.0 cm³/mol. The minimum atomic E-state index is 0.290. The van der Waals surface area contributed by atoms with Gasteiger partial charge in [0.25, 0.3) is 0 Å². The lowest BCUT2D eigenvalue weighted by atomic mass is 10.1. The fraction of sp³-hybridized carbons (Fsp3) is 0.938. The third kappa shape index (κ3) is 7.98. The molecular formula is C16H32N2O2. The maximum absolute atomic E-state index is 11.0. The number of ketones is 1. The molecule has 0 bridgehead atoms. The quantitative estimate of drug-likeness (QED) is 0.648. The van der Waals surface area contributed by atoms with Crippen molar-refractivity contribution in [2.24, 2.45) is 5.92 Å². The van der Waals surface area contributed by atoms with Crippen LogP contribution in [0.2, 0.25) is 0 Å². The topological polar surface area (TPSA) is 32.8 Å². The lowest BCUT2D eigenvalue weighted by Crippen LogP contribution is -2.38. The van der Waals surface area contributed by atoms with Gasteiger partial charge in [0.1, 0.15) is 5.78 Å². The Morgan fingerprint density at radius 2 is 2.00 bits per heavy atom. The van der Waals surface area contributed by atoms with Crippen LogP contribution in [0.4, 0.5) is 0 Å². The fourth-order valence-corrected chi connectivity index (χ4v) is 2.48. The second-order valence-electron chi connectivity index (χ2n) is 6.52. The Balaban J connectivity index is 2.08. The molecule has 4 heteroatoms. The molecule has 1 aliphatic heterocycles. The predicted octanol–water partition coefficient (Wildman–Crippen LogP) is 2.03. The molecule has 4 nitrogen and oxygen atoms in total.